The zero-order valence-electron chi connectivity index (χ0n) is 11.5. The fourth-order valence-corrected chi connectivity index (χ4v) is 2.49. The van der Waals surface area contributed by atoms with Crippen LogP contribution in [-0.4, -0.2) is 11.5 Å². The summed E-state index contributed by atoms with van der Waals surface area (Å²) in [6.07, 6.45) is 7.01. The molecule has 0 saturated heterocycles. The van der Waals surface area contributed by atoms with Gasteiger partial charge in [0.15, 0.2) is 0 Å². The van der Waals surface area contributed by atoms with E-state index in [4.69, 9.17) is 5.73 Å². The third kappa shape index (κ3) is 3.65. The van der Waals surface area contributed by atoms with Crippen molar-refractivity contribution in [3.05, 3.63) is 65.5 Å². The van der Waals surface area contributed by atoms with E-state index in [2.05, 4.69) is 48.3 Å². The molecule has 1 unspecified atom stereocenters. The first kappa shape index (κ1) is 13.8. The number of aryl methyl sites for hydroxylation is 1. The van der Waals surface area contributed by atoms with Gasteiger partial charge in [0.05, 0.1) is 0 Å². The van der Waals surface area contributed by atoms with E-state index in [1.165, 1.54) is 23.1 Å². The van der Waals surface area contributed by atoms with Gasteiger partial charge in [-0.05, 0) is 48.2 Å². The molecule has 0 bridgehead atoms. The first-order valence-electron chi connectivity index (χ1n) is 7.04. The molecule has 2 N–H and O–H groups in total. The summed E-state index contributed by atoms with van der Waals surface area (Å²) in [6.45, 7) is 2.91. The van der Waals surface area contributed by atoms with Crippen LogP contribution in [0.15, 0.2) is 48.8 Å². The Kier molecular flexibility index (Phi) is 5.10. The van der Waals surface area contributed by atoms with E-state index in [-0.39, 0.29) is 0 Å². The molecule has 0 fully saturated rings. The van der Waals surface area contributed by atoms with Gasteiger partial charge in [0, 0.05) is 18.3 Å². The first-order valence-corrected chi connectivity index (χ1v) is 7.04. The summed E-state index contributed by atoms with van der Waals surface area (Å²) >= 11 is 0. The lowest BCUT2D eigenvalue weighted by atomic mass is 9.88. The average Bonchev–Trinajstić information content (AvgIpc) is 2.47. The lowest BCUT2D eigenvalue weighted by Crippen LogP contribution is -2.09. The molecule has 0 radical (unpaired) electrons. The Balaban J connectivity index is 2.24. The van der Waals surface area contributed by atoms with Crippen LogP contribution in [-0.2, 0) is 6.42 Å². The highest BCUT2D eigenvalue weighted by atomic mass is 14.6. The molecule has 0 aliphatic rings. The molecule has 2 heteroatoms. The van der Waals surface area contributed by atoms with Crippen molar-refractivity contribution in [2.24, 2.45) is 5.73 Å². The Morgan fingerprint density at radius 1 is 1.00 bits per heavy atom. The summed E-state index contributed by atoms with van der Waals surface area (Å²) in [4.78, 5) is 4.09. The van der Waals surface area contributed by atoms with Gasteiger partial charge in [-0.25, -0.2) is 0 Å². The summed E-state index contributed by atoms with van der Waals surface area (Å²) in [7, 11) is 0. The summed E-state index contributed by atoms with van der Waals surface area (Å²) in [6, 6.07) is 13.1. The van der Waals surface area contributed by atoms with E-state index in [1.807, 2.05) is 12.4 Å². The molecule has 2 nitrogen and oxygen atoms in total. The van der Waals surface area contributed by atoms with E-state index < -0.39 is 0 Å². The van der Waals surface area contributed by atoms with Gasteiger partial charge in [-0.3, -0.25) is 4.98 Å². The van der Waals surface area contributed by atoms with Crippen LogP contribution in [0.4, 0.5) is 0 Å². The van der Waals surface area contributed by atoms with Crippen LogP contribution in [0.5, 0.6) is 0 Å². The monoisotopic (exact) mass is 254 g/mol. The van der Waals surface area contributed by atoms with E-state index >= 15 is 0 Å². The lowest BCUT2D eigenvalue weighted by Gasteiger charge is -2.17. The van der Waals surface area contributed by atoms with Crippen LogP contribution >= 0.6 is 0 Å². The standard InChI is InChI=1S/C17H22N2/c1-2-3-14-4-6-15(7-5-14)17(8-11-18)16-9-12-19-13-10-16/h4-7,9-10,12-13,17H,2-3,8,11,18H2,1H3. The van der Waals surface area contributed by atoms with Crippen LogP contribution < -0.4 is 5.73 Å². The molecule has 0 saturated carbocycles. The quantitative estimate of drug-likeness (QED) is 0.856. The third-order valence-corrected chi connectivity index (χ3v) is 3.48. The predicted molar refractivity (Wildman–Crippen MR) is 80.2 cm³/mol. The van der Waals surface area contributed by atoms with Crippen molar-refractivity contribution < 1.29 is 0 Å². The van der Waals surface area contributed by atoms with E-state index in [0.717, 1.165) is 12.8 Å². The van der Waals surface area contributed by atoms with Crippen molar-refractivity contribution >= 4 is 0 Å². The van der Waals surface area contributed by atoms with Crippen molar-refractivity contribution in [2.45, 2.75) is 32.1 Å². The second-order valence-electron chi connectivity index (χ2n) is 4.90. The number of rotatable bonds is 6. The van der Waals surface area contributed by atoms with Crippen molar-refractivity contribution in [1.82, 2.24) is 4.98 Å². The van der Waals surface area contributed by atoms with Gasteiger partial charge in [0.2, 0.25) is 0 Å². The summed E-state index contributed by atoms with van der Waals surface area (Å²) in [5.41, 5.74) is 9.81. The van der Waals surface area contributed by atoms with Gasteiger partial charge in [-0.2, -0.15) is 0 Å². The van der Waals surface area contributed by atoms with E-state index in [1.54, 1.807) is 0 Å². The van der Waals surface area contributed by atoms with Crippen LogP contribution in [0.1, 0.15) is 42.4 Å². The van der Waals surface area contributed by atoms with Crippen LogP contribution in [0.25, 0.3) is 0 Å². The Labute approximate surface area is 115 Å². The van der Waals surface area contributed by atoms with Gasteiger partial charge < -0.3 is 5.73 Å². The van der Waals surface area contributed by atoms with Crippen LogP contribution in [0, 0.1) is 0 Å². The fraction of sp³-hybridized carbons (Fsp3) is 0.353. The highest BCUT2D eigenvalue weighted by Gasteiger charge is 2.12. The normalized spacial score (nSPS) is 12.3. The second-order valence-corrected chi connectivity index (χ2v) is 4.90. The predicted octanol–water partition coefficient (Wildman–Crippen LogP) is 3.51. The van der Waals surface area contributed by atoms with Crippen molar-refractivity contribution in [2.75, 3.05) is 6.54 Å². The Hall–Kier alpha value is -1.67. The van der Waals surface area contributed by atoms with Crippen LogP contribution in [0.3, 0.4) is 0 Å². The molecule has 100 valence electrons. The maximum absolute atomic E-state index is 5.77. The highest BCUT2D eigenvalue weighted by Crippen LogP contribution is 2.27. The number of benzene rings is 1. The fourth-order valence-electron chi connectivity index (χ4n) is 2.49. The van der Waals surface area contributed by atoms with Gasteiger partial charge in [0.1, 0.15) is 0 Å². The van der Waals surface area contributed by atoms with E-state index in [0.29, 0.717) is 12.5 Å². The molecule has 0 aliphatic heterocycles. The Bertz CT molecular complexity index is 476. The van der Waals surface area contributed by atoms with Crippen molar-refractivity contribution in [1.29, 1.82) is 0 Å². The number of nitrogens with zero attached hydrogens (tertiary/aromatic N) is 1. The summed E-state index contributed by atoms with van der Waals surface area (Å²) in [5, 5.41) is 0. The molecule has 19 heavy (non-hydrogen) atoms. The molecular weight excluding hydrogens is 232 g/mol. The maximum Gasteiger partial charge on any atom is 0.0270 e. The molecule has 1 aromatic carbocycles. The van der Waals surface area contributed by atoms with Crippen molar-refractivity contribution in [3.8, 4) is 0 Å². The SMILES string of the molecule is CCCc1ccc(C(CCN)c2ccncc2)cc1. The molecule has 1 atom stereocenters. The number of nitrogens with two attached hydrogens (primary N) is 1. The highest BCUT2D eigenvalue weighted by molar-refractivity contribution is 5.33. The number of aromatic nitrogens is 1. The van der Waals surface area contributed by atoms with Crippen LogP contribution in [0.2, 0.25) is 0 Å². The average molecular weight is 254 g/mol. The molecular formula is C17H22N2. The molecule has 2 aromatic rings. The number of hydrogen-bond donors (Lipinski definition) is 1. The first-order chi connectivity index (χ1) is 9.35. The number of hydrogen-bond acceptors (Lipinski definition) is 2. The van der Waals surface area contributed by atoms with Gasteiger partial charge >= 0.3 is 0 Å². The topological polar surface area (TPSA) is 38.9 Å². The molecule has 0 aliphatic carbocycles. The smallest absolute Gasteiger partial charge is 0.0270 e. The zero-order chi connectivity index (χ0) is 13.5. The largest absolute Gasteiger partial charge is 0.330 e. The van der Waals surface area contributed by atoms with Crippen molar-refractivity contribution in [3.63, 3.8) is 0 Å². The number of pyridine rings is 1. The minimum atomic E-state index is 0.378. The molecule has 2 rings (SSSR count). The third-order valence-electron chi connectivity index (χ3n) is 3.48. The van der Waals surface area contributed by atoms with Gasteiger partial charge in [0.25, 0.3) is 0 Å². The molecule has 0 spiro atoms. The lowest BCUT2D eigenvalue weighted by molar-refractivity contribution is 0.724. The summed E-state index contributed by atoms with van der Waals surface area (Å²) in [5.74, 6) is 0.378. The molecule has 1 aromatic heterocycles. The van der Waals surface area contributed by atoms with Gasteiger partial charge in [-0.1, -0.05) is 37.6 Å². The Morgan fingerprint density at radius 2 is 1.63 bits per heavy atom. The maximum atomic E-state index is 5.77. The minimum absolute atomic E-state index is 0.378. The molecule has 0 amide bonds. The second kappa shape index (κ2) is 7.05. The zero-order valence-corrected chi connectivity index (χ0v) is 11.5. The Morgan fingerprint density at radius 3 is 2.21 bits per heavy atom. The molecule has 1 heterocycles. The summed E-state index contributed by atoms with van der Waals surface area (Å²) < 4.78 is 0. The minimum Gasteiger partial charge on any atom is -0.330 e. The van der Waals surface area contributed by atoms with Gasteiger partial charge in [-0.15, -0.1) is 0 Å². The van der Waals surface area contributed by atoms with E-state index in [9.17, 15) is 0 Å².